The van der Waals surface area contributed by atoms with E-state index < -0.39 is 0 Å². The van der Waals surface area contributed by atoms with Crippen LogP contribution in [0.4, 0.5) is 0 Å². The summed E-state index contributed by atoms with van der Waals surface area (Å²) in [6.07, 6.45) is 7.99. The predicted octanol–water partition coefficient (Wildman–Crippen LogP) is 2.13. The van der Waals surface area contributed by atoms with Crippen LogP contribution in [0.1, 0.15) is 58.3 Å². The van der Waals surface area contributed by atoms with E-state index in [9.17, 15) is 9.59 Å². The molecule has 2 N–H and O–H groups in total. The van der Waals surface area contributed by atoms with Crippen LogP contribution in [0.5, 0.6) is 0 Å². The van der Waals surface area contributed by atoms with Gasteiger partial charge >= 0.3 is 0 Å². The molecule has 0 radical (unpaired) electrons. The van der Waals surface area contributed by atoms with Crippen molar-refractivity contribution in [3.8, 4) is 6.07 Å². The van der Waals surface area contributed by atoms with E-state index in [2.05, 4.69) is 10.6 Å². The number of nitrogens with one attached hydrogen (secondary N) is 2. The molecule has 1 atom stereocenters. The average molecular weight is 293 g/mol. The molecule has 1 unspecified atom stereocenters. The second-order valence-electron chi connectivity index (χ2n) is 5.79. The van der Waals surface area contributed by atoms with E-state index in [1.54, 1.807) is 0 Å². The maximum absolute atomic E-state index is 12.2. The molecule has 0 bridgehead atoms. The van der Waals surface area contributed by atoms with Crippen LogP contribution in [0.3, 0.4) is 0 Å². The number of nitrogens with zero attached hydrogens (tertiary/aromatic N) is 1. The van der Waals surface area contributed by atoms with Gasteiger partial charge in [-0.05, 0) is 25.2 Å². The summed E-state index contributed by atoms with van der Waals surface area (Å²) in [4.78, 5) is 23.9. The smallest absolute Gasteiger partial charge is 0.225 e. The fourth-order valence-electron chi connectivity index (χ4n) is 2.92. The van der Waals surface area contributed by atoms with Crippen molar-refractivity contribution in [2.75, 3.05) is 13.1 Å². The lowest BCUT2D eigenvalue weighted by atomic mass is 9.79. The van der Waals surface area contributed by atoms with Gasteiger partial charge in [0.2, 0.25) is 11.8 Å². The van der Waals surface area contributed by atoms with Gasteiger partial charge < -0.3 is 10.6 Å². The summed E-state index contributed by atoms with van der Waals surface area (Å²) in [7, 11) is 0. The second-order valence-corrected chi connectivity index (χ2v) is 5.79. The molecule has 21 heavy (non-hydrogen) atoms. The monoisotopic (exact) mass is 293 g/mol. The molecule has 0 aliphatic heterocycles. The third-order valence-corrected chi connectivity index (χ3v) is 4.17. The van der Waals surface area contributed by atoms with Crippen LogP contribution in [0.25, 0.3) is 0 Å². The first-order valence-corrected chi connectivity index (χ1v) is 8.10. The fraction of sp³-hybridized carbons (Fsp3) is 0.812. The Labute approximate surface area is 127 Å². The van der Waals surface area contributed by atoms with Crippen LogP contribution in [-0.2, 0) is 9.59 Å². The summed E-state index contributed by atoms with van der Waals surface area (Å²) >= 11 is 0. The molecule has 0 aromatic carbocycles. The van der Waals surface area contributed by atoms with Crippen molar-refractivity contribution < 1.29 is 9.59 Å². The van der Waals surface area contributed by atoms with Crippen LogP contribution >= 0.6 is 0 Å². The van der Waals surface area contributed by atoms with Crippen LogP contribution in [0, 0.1) is 23.2 Å². The van der Waals surface area contributed by atoms with Gasteiger partial charge in [-0.1, -0.05) is 32.6 Å². The molecule has 1 rings (SSSR count). The number of carbonyl (C=O) groups is 2. The third kappa shape index (κ3) is 6.61. The number of unbranched alkanes of at least 4 members (excludes halogenated alkanes) is 1. The highest BCUT2D eigenvalue weighted by Crippen LogP contribution is 2.30. The highest BCUT2D eigenvalue weighted by molar-refractivity contribution is 5.81. The van der Waals surface area contributed by atoms with Gasteiger partial charge in [-0.2, -0.15) is 5.26 Å². The van der Waals surface area contributed by atoms with E-state index in [1.807, 2.05) is 13.0 Å². The number of hydrogen-bond acceptors (Lipinski definition) is 3. The van der Waals surface area contributed by atoms with Crippen LogP contribution in [0.15, 0.2) is 0 Å². The van der Waals surface area contributed by atoms with Crippen molar-refractivity contribution in [2.45, 2.75) is 58.3 Å². The minimum atomic E-state index is -0.204. The van der Waals surface area contributed by atoms with Gasteiger partial charge in [0.25, 0.3) is 0 Å². The van der Waals surface area contributed by atoms with Crippen LogP contribution in [-0.4, -0.2) is 24.9 Å². The highest BCUT2D eigenvalue weighted by Gasteiger charge is 2.29. The summed E-state index contributed by atoms with van der Waals surface area (Å²) in [6.45, 7) is 2.48. The Morgan fingerprint density at radius 2 is 1.95 bits per heavy atom. The first-order chi connectivity index (χ1) is 10.2. The molecule has 5 heteroatoms. The number of amides is 2. The molecule has 5 nitrogen and oxygen atoms in total. The SMILES string of the molecule is CCCCC(=O)NCC(C(=O)NCC#N)C1CCCCC1. The maximum atomic E-state index is 12.2. The van der Waals surface area contributed by atoms with Gasteiger partial charge in [-0.3, -0.25) is 9.59 Å². The summed E-state index contributed by atoms with van der Waals surface area (Å²) in [6, 6.07) is 1.93. The van der Waals surface area contributed by atoms with Crippen molar-refractivity contribution in [1.29, 1.82) is 5.26 Å². The molecule has 118 valence electrons. The van der Waals surface area contributed by atoms with Crippen molar-refractivity contribution in [2.24, 2.45) is 11.8 Å². The number of nitriles is 1. The highest BCUT2D eigenvalue weighted by atomic mass is 16.2. The first-order valence-electron chi connectivity index (χ1n) is 8.10. The molecule has 1 aliphatic rings. The largest absolute Gasteiger partial charge is 0.355 e. The topological polar surface area (TPSA) is 82.0 Å². The lowest BCUT2D eigenvalue weighted by Gasteiger charge is -2.29. The Kier molecular flexibility index (Phi) is 8.49. The molecule has 1 fully saturated rings. The Morgan fingerprint density at radius 3 is 2.57 bits per heavy atom. The molecular weight excluding hydrogens is 266 g/mol. The van der Waals surface area contributed by atoms with E-state index in [0.717, 1.165) is 38.5 Å². The summed E-state index contributed by atoms with van der Waals surface area (Å²) in [5.74, 6) is 0.0399. The maximum Gasteiger partial charge on any atom is 0.225 e. The van der Waals surface area contributed by atoms with Gasteiger partial charge in [-0.25, -0.2) is 0 Å². The molecule has 2 amide bonds. The quantitative estimate of drug-likeness (QED) is 0.673. The van der Waals surface area contributed by atoms with E-state index >= 15 is 0 Å². The fourth-order valence-corrected chi connectivity index (χ4v) is 2.92. The molecule has 0 saturated heterocycles. The zero-order valence-electron chi connectivity index (χ0n) is 13.0. The Bertz CT molecular complexity index is 370. The second kappa shape index (κ2) is 10.2. The molecule has 0 heterocycles. The minimum absolute atomic E-state index is 0.0192. The van der Waals surface area contributed by atoms with Crippen LogP contribution < -0.4 is 10.6 Å². The molecule has 0 spiro atoms. The van der Waals surface area contributed by atoms with Crippen molar-refractivity contribution in [3.05, 3.63) is 0 Å². The zero-order chi connectivity index (χ0) is 15.5. The van der Waals surface area contributed by atoms with Gasteiger partial charge in [0, 0.05) is 13.0 Å². The molecule has 1 saturated carbocycles. The van der Waals surface area contributed by atoms with E-state index in [1.165, 1.54) is 6.42 Å². The Morgan fingerprint density at radius 1 is 1.24 bits per heavy atom. The third-order valence-electron chi connectivity index (χ3n) is 4.17. The lowest BCUT2D eigenvalue weighted by molar-refractivity contribution is -0.127. The minimum Gasteiger partial charge on any atom is -0.355 e. The predicted molar refractivity (Wildman–Crippen MR) is 81.2 cm³/mol. The van der Waals surface area contributed by atoms with Gasteiger partial charge in [-0.15, -0.1) is 0 Å². The van der Waals surface area contributed by atoms with Crippen LogP contribution in [0.2, 0.25) is 0 Å². The summed E-state index contributed by atoms with van der Waals surface area (Å²) in [5.41, 5.74) is 0. The van der Waals surface area contributed by atoms with E-state index in [4.69, 9.17) is 5.26 Å². The number of carbonyl (C=O) groups excluding carboxylic acids is 2. The number of rotatable bonds is 8. The first kappa shape index (κ1) is 17.5. The van der Waals surface area contributed by atoms with E-state index in [-0.39, 0.29) is 24.3 Å². The Balaban J connectivity index is 2.52. The molecule has 0 aromatic rings. The summed E-state index contributed by atoms with van der Waals surface area (Å²) < 4.78 is 0. The Hall–Kier alpha value is -1.57. The van der Waals surface area contributed by atoms with Gasteiger partial charge in [0.1, 0.15) is 6.54 Å². The standard InChI is InChI=1S/C16H27N3O2/c1-2-3-9-15(20)19-12-14(16(21)18-11-10-17)13-7-5-4-6-8-13/h13-14H,2-9,11-12H2,1H3,(H,18,21)(H,19,20). The molecular formula is C16H27N3O2. The lowest BCUT2D eigenvalue weighted by Crippen LogP contribution is -2.43. The summed E-state index contributed by atoms with van der Waals surface area (Å²) in [5, 5.41) is 14.1. The normalized spacial score (nSPS) is 16.8. The van der Waals surface area contributed by atoms with Crippen molar-refractivity contribution in [1.82, 2.24) is 10.6 Å². The zero-order valence-corrected chi connectivity index (χ0v) is 13.0. The van der Waals surface area contributed by atoms with Gasteiger partial charge in [0.15, 0.2) is 0 Å². The molecule has 0 aromatic heterocycles. The van der Waals surface area contributed by atoms with Crippen molar-refractivity contribution >= 4 is 11.8 Å². The number of hydrogen-bond donors (Lipinski definition) is 2. The average Bonchev–Trinajstić information content (AvgIpc) is 2.52. The van der Waals surface area contributed by atoms with Crippen molar-refractivity contribution in [3.63, 3.8) is 0 Å². The van der Waals surface area contributed by atoms with Gasteiger partial charge in [0.05, 0.1) is 12.0 Å². The molecule has 1 aliphatic carbocycles. The van der Waals surface area contributed by atoms with E-state index in [0.29, 0.717) is 18.9 Å².